The predicted molar refractivity (Wildman–Crippen MR) is 70.1 cm³/mol. The Labute approximate surface area is 111 Å². The second-order valence-electron chi connectivity index (χ2n) is 4.06. The third-order valence-electron chi connectivity index (χ3n) is 2.61. The van der Waals surface area contributed by atoms with Crippen LogP contribution in [0.1, 0.15) is 18.1 Å². The van der Waals surface area contributed by atoms with E-state index in [2.05, 4.69) is 10.4 Å². The van der Waals surface area contributed by atoms with E-state index in [0.717, 1.165) is 18.7 Å². The van der Waals surface area contributed by atoms with Gasteiger partial charge in [0.05, 0.1) is 12.7 Å². The van der Waals surface area contributed by atoms with Crippen molar-refractivity contribution in [1.82, 2.24) is 15.1 Å². The molecule has 0 aliphatic carbocycles. The number of benzene rings is 1. The van der Waals surface area contributed by atoms with E-state index in [1.165, 1.54) is 6.07 Å². The Kier molecular flexibility index (Phi) is 4.33. The van der Waals surface area contributed by atoms with Gasteiger partial charge in [-0.25, -0.2) is 4.39 Å². The summed E-state index contributed by atoms with van der Waals surface area (Å²) in [5.41, 5.74) is 1.67. The van der Waals surface area contributed by atoms with Crippen LogP contribution >= 0.6 is 11.6 Å². The molecule has 3 nitrogen and oxygen atoms in total. The van der Waals surface area contributed by atoms with Crippen molar-refractivity contribution in [2.75, 3.05) is 6.54 Å². The van der Waals surface area contributed by atoms with Gasteiger partial charge in [0.2, 0.25) is 0 Å². The number of rotatable bonds is 5. The van der Waals surface area contributed by atoms with E-state index in [9.17, 15) is 4.39 Å². The minimum absolute atomic E-state index is 0.300. The lowest BCUT2D eigenvalue weighted by Crippen LogP contribution is -2.11. The van der Waals surface area contributed by atoms with Gasteiger partial charge in [0.25, 0.3) is 0 Å². The molecule has 0 radical (unpaired) electrons. The largest absolute Gasteiger partial charge is 0.313 e. The fourth-order valence-corrected chi connectivity index (χ4v) is 1.84. The van der Waals surface area contributed by atoms with E-state index in [0.29, 0.717) is 17.1 Å². The molecule has 1 heterocycles. The van der Waals surface area contributed by atoms with Crippen LogP contribution in [-0.4, -0.2) is 16.3 Å². The molecule has 0 aliphatic heterocycles. The number of nitrogens with one attached hydrogen (secondary N) is 1. The Hall–Kier alpha value is -1.39. The van der Waals surface area contributed by atoms with Gasteiger partial charge in [-0.1, -0.05) is 24.6 Å². The molecule has 0 saturated carbocycles. The smallest absolute Gasteiger partial charge is 0.129 e. The standard InChI is InChI=1S/C13H15ClFN3/c1-2-16-6-10-7-17-18(8-10)9-11-3-4-12(14)5-13(11)15/h3-5,7-8,16H,2,6,9H2,1H3. The third-order valence-corrected chi connectivity index (χ3v) is 2.85. The van der Waals surface area contributed by atoms with Gasteiger partial charge in [0.1, 0.15) is 5.82 Å². The molecule has 0 amide bonds. The monoisotopic (exact) mass is 267 g/mol. The fraction of sp³-hybridized carbons (Fsp3) is 0.308. The van der Waals surface area contributed by atoms with E-state index in [4.69, 9.17) is 11.6 Å². The first kappa shape index (κ1) is 13.1. The van der Waals surface area contributed by atoms with E-state index < -0.39 is 0 Å². The van der Waals surface area contributed by atoms with Gasteiger partial charge in [0.15, 0.2) is 0 Å². The topological polar surface area (TPSA) is 29.9 Å². The van der Waals surface area contributed by atoms with Crippen LogP contribution in [0.5, 0.6) is 0 Å². The molecule has 2 rings (SSSR count). The minimum Gasteiger partial charge on any atom is -0.313 e. The van der Waals surface area contributed by atoms with Gasteiger partial charge >= 0.3 is 0 Å². The molecule has 18 heavy (non-hydrogen) atoms. The highest BCUT2D eigenvalue weighted by Crippen LogP contribution is 2.15. The van der Waals surface area contributed by atoms with Gasteiger partial charge in [-0.05, 0) is 18.7 Å². The number of hydrogen-bond acceptors (Lipinski definition) is 2. The van der Waals surface area contributed by atoms with Crippen LogP contribution in [0.25, 0.3) is 0 Å². The van der Waals surface area contributed by atoms with Crippen LogP contribution in [0, 0.1) is 5.82 Å². The SMILES string of the molecule is CCNCc1cnn(Cc2ccc(Cl)cc2F)c1. The van der Waals surface area contributed by atoms with Crippen LogP contribution in [0.4, 0.5) is 4.39 Å². The summed E-state index contributed by atoms with van der Waals surface area (Å²) in [5, 5.41) is 7.83. The first-order valence-electron chi connectivity index (χ1n) is 5.85. The lowest BCUT2D eigenvalue weighted by molar-refractivity contribution is 0.585. The molecular formula is C13H15ClFN3. The zero-order valence-corrected chi connectivity index (χ0v) is 10.9. The Morgan fingerprint density at radius 3 is 3.00 bits per heavy atom. The van der Waals surface area contributed by atoms with Crippen LogP contribution < -0.4 is 5.32 Å². The second kappa shape index (κ2) is 5.98. The van der Waals surface area contributed by atoms with Crippen molar-refractivity contribution in [2.45, 2.75) is 20.0 Å². The molecule has 0 atom stereocenters. The fourth-order valence-electron chi connectivity index (χ4n) is 1.68. The quantitative estimate of drug-likeness (QED) is 0.903. The van der Waals surface area contributed by atoms with E-state index >= 15 is 0 Å². The lowest BCUT2D eigenvalue weighted by Gasteiger charge is -2.04. The first-order chi connectivity index (χ1) is 8.69. The summed E-state index contributed by atoms with van der Waals surface area (Å²) in [6.45, 7) is 4.15. The van der Waals surface area contributed by atoms with Gasteiger partial charge in [-0.2, -0.15) is 5.10 Å². The normalized spacial score (nSPS) is 10.8. The molecule has 5 heteroatoms. The molecule has 1 N–H and O–H groups in total. The Morgan fingerprint density at radius 1 is 1.44 bits per heavy atom. The van der Waals surface area contributed by atoms with Crippen molar-refractivity contribution in [1.29, 1.82) is 0 Å². The van der Waals surface area contributed by atoms with Crippen molar-refractivity contribution >= 4 is 11.6 Å². The molecular weight excluding hydrogens is 253 g/mol. The maximum Gasteiger partial charge on any atom is 0.129 e. The Bertz CT molecular complexity index is 525. The van der Waals surface area contributed by atoms with E-state index in [-0.39, 0.29) is 5.82 Å². The summed E-state index contributed by atoms with van der Waals surface area (Å²) in [4.78, 5) is 0. The molecule has 2 aromatic rings. The summed E-state index contributed by atoms with van der Waals surface area (Å²) < 4.78 is 15.3. The summed E-state index contributed by atoms with van der Waals surface area (Å²) >= 11 is 5.71. The molecule has 1 aromatic carbocycles. The summed E-state index contributed by atoms with van der Waals surface area (Å²) in [5.74, 6) is -0.300. The molecule has 0 saturated heterocycles. The lowest BCUT2D eigenvalue weighted by atomic mass is 10.2. The Morgan fingerprint density at radius 2 is 2.28 bits per heavy atom. The maximum absolute atomic E-state index is 13.6. The minimum atomic E-state index is -0.300. The summed E-state index contributed by atoms with van der Waals surface area (Å²) in [6, 6.07) is 4.69. The van der Waals surface area contributed by atoms with Gasteiger partial charge in [-0.15, -0.1) is 0 Å². The van der Waals surface area contributed by atoms with Crippen LogP contribution in [0.3, 0.4) is 0 Å². The number of nitrogens with zero attached hydrogens (tertiary/aromatic N) is 2. The average molecular weight is 268 g/mol. The Balaban J connectivity index is 2.06. The zero-order valence-electron chi connectivity index (χ0n) is 10.2. The first-order valence-corrected chi connectivity index (χ1v) is 6.23. The van der Waals surface area contributed by atoms with Crippen molar-refractivity contribution in [2.24, 2.45) is 0 Å². The molecule has 1 aromatic heterocycles. The van der Waals surface area contributed by atoms with Crippen molar-refractivity contribution in [3.63, 3.8) is 0 Å². The van der Waals surface area contributed by atoms with Crippen LogP contribution in [0.2, 0.25) is 5.02 Å². The van der Waals surface area contributed by atoms with Crippen LogP contribution in [-0.2, 0) is 13.1 Å². The highest BCUT2D eigenvalue weighted by molar-refractivity contribution is 6.30. The summed E-state index contributed by atoms with van der Waals surface area (Å²) in [7, 11) is 0. The number of hydrogen-bond donors (Lipinski definition) is 1. The predicted octanol–water partition coefficient (Wildman–Crippen LogP) is 2.83. The van der Waals surface area contributed by atoms with Gasteiger partial charge < -0.3 is 5.32 Å². The van der Waals surface area contributed by atoms with Crippen molar-refractivity contribution in [3.8, 4) is 0 Å². The van der Waals surface area contributed by atoms with Crippen molar-refractivity contribution < 1.29 is 4.39 Å². The molecule has 0 aliphatic rings. The maximum atomic E-state index is 13.6. The van der Waals surface area contributed by atoms with Crippen LogP contribution in [0.15, 0.2) is 30.6 Å². The zero-order chi connectivity index (χ0) is 13.0. The van der Waals surface area contributed by atoms with E-state index in [1.807, 2.05) is 13.1 Å². The average Bonchev–Trinajstić information content (AvgIpc) is 2.78. The van der Waals surface area contributed by atoms with Gasteiger partial charge in [0, 0.05) is 28.9 Å². The molecule has 0 spiro atoms. The third kappa shape index (κ3) is 3.31. The molecule has 0 bridgehead atoms. The number of halogens is 2. The highest BCUT2D eigenvalue weighted by Gasteiger charge is 2.05. The highest BCUT2D eigenvalue weighted by atomic mass is 35.5. The van der Waals surface area contributed by atoms with E-state index in [1.54, 1.807) is 23.0 Å². The van der Waals surface area contributed by atoms with Crippen molar-refractivity contribution in [3.05, 3.63) is 52.6 Å². The number of aromatic nitrogens is 2. The second-order valence-corrected chi connectivity index (χ2v) is 4.50. The molecule has 0 fully saturated rings. The molecule has 0 unspecified atom stereocenters. The summed E-state index contributed by atoms with van der Waals surface area (Å²) in [6.07, 6.45) is 3.70. The molecule has 96 valence electrons. The van der Waals surface area contributed by atoms with Gasteiger partial charge in [-0.3, -0.25) is 4.68 Å².